The number of ketones is 1. The molecule has 0 aromatic heterocycles. The van der Waals surface area contributed by atoms with Gasteiger partial charge in [0.25, 0.3) is 0 Å². The van der Waals surface area contributed by atoms with Gasteiger partial charge in [0.15, 0.2) is 0 Å². The average molecular weight is 374 g/mol. The van der Waals surface area contributed by atoms with Crippen LogP contribution >= 0.6 is 0 Å². The summed E-state index contributed by atoms with van der Waals surface area (Å²) < 4.78 is 15.9. The van der Waals surface area contributed by atoms with Gasteiger partial charge in [-0.05, 0) is 44.8 Å². The molecular formula is C21H26O6. The van der Waals surface area contributed by atoms with Crippen LogP contribution in [-0.4, -0.2) is 37.0 Å². The number of hydrogen-bond acceptors (Lipinski definition) is 6. The number of carbonyl (C=O) groups excluding carboxylic acids is 3. The highest BCUT2D eigenvalue weighted by Gasteiger charge is 2.57. The van der Waals surface area contributed by atoms with Gasteiger partial charge in [-0.15, -0.1) is 6.58 Å². The van der Waals surface area contributed by atoms with E-state index >= 15 is 0 Å². The maximum absolute atomic E-state index is 12.6. The Bertz CT molecular complexity index is 699. The monoisotopic (exact) mass is 374 g/mol. The van der Waals surface area contributed by atoms with Gasteiger partial charge in [-0.3, -0.25) is 9.59 Å². The van der Waals surface area contributed by atoms with Crippen molar-refractivity contribution in [1.29, 1.82) is 0 Å². The van der Waals surface area contributed by atoms with E-state index in [1.807, 2.05) is 6.08 Å². The number of allylic oxidation sites excluding steroid dienone is 4. The van der Waals surface area contributed by atoms with E-state index in [2.05, 4.69) is 6.58 Å². The molecule has 1 fully saturated rings. The molecule has 0 amide bonds. The topological polar surface area (TPSA) is 78.9 Å². The Morgan fingerprint density at radius 1 is 1.41 bits per heavy atom. The van der Waals surface area contributed by atoms with Gasteiger partial charge < -0.3 is 14.2 Å². The summed E-state index contributed by atoms with van der Waals surface area (Å²) in [5, 5.41) is 0. The second-order valence-electron chi connectivity index (χ2n) is 6.42. The first-order valence-electron chi connectivity index (χ1n) is 9.15. The van der Waals surface area contributed by atoms with Gasteiger partial charge in [0, 0.05) is 11.5 Å². The Morgan fingerprint density at radius 2 is 2.19 bits per heavy atom. The molecule has 1 spiro atoms. The van der Waals surface area contributed by atoms with Crippen LogP contribution in [0.3, 0.4) is 0 Å². The second-order valence-corrected chi connectivity index (χ2v) is 6.42. The van der Waals surface area contributed by atoms with E-state index < -0.39 is 11.6 Å². The molecular weight excluding hydrogens is 348 g/mol. The van der Waals surface area contributed by atoms with Crippen molar-refractivity contribution in [1.82, 2.24) is 0 Å². The van der Waals surface area contributed by atoms with Gasteiger partial charge in [0.1, 0.15) is 5.76 Å². The van der Waals surface area contributed by atoms with Crippen molar-refractivity contribution in [2.75, 3.05) is 13.7 Å². The smallest absolute Gasteiger partial charge is 0.333 e. The molecule has 2 atom stereocenters. The van der Waals surface area contributed by atoms with Crippen molar-refractivity contribution >= 4 is 17.7 Å². The lowest BCUT2D eigenvalue weighted by atomic mass is 9.77. The zero-order valence-electron chi connectivity index (χ0n) is 15.9. The lowest BCUT2D eigenvalue weighted by Gasteiger charge is -2.33. The van der Waals surface area contributed by atoms with E-state index in [9.17, 15) is 14.4 Å². The molecule has 1 unspecified atom stereocenters. The predicted octanol–water partition coefficient (Wildman–Crippen LogP) is 3.19. The highest BCUT2D eigenvalue weighted by molar-refractivity contribution is 6.04. The van der Waals surface area contributed by atoms with Gasteiger partial charge in [0.2, 0.25) is 11.4 Å². The molecule has 0 radical (unpaired) electrons. The first-order valence-corrected chi connectivity index (χ1v) is 9.15. The van der Waals surface area contributed by atoms with Crippen molar-refractivity contribution in [2.45, 2.75) is 44.6 Å². The Morgan fingerprint density at radius 3 is 2.85 bits per heavy atom. The van der Waals surface area contributed by atoms with E-state index in [0.717, 1.165) is 0 Å². The fourth-order valence-electron chi connectivity index (χ4n) is 3.50. The lowest BCUT2D eigenvalue weighted by Crippen LogP contribution is -2.47. The van der Waals surface area contributed by atoms with Gasteiger partial charge in [-0.1, -0.05) is 18.2 Å². The van der Waals surface area contributed by atoms with Crippen LogP contribution in [0.5, 0.6) is 0 Å². The summed E-state index contributed by atoms with van der Waals surface area (Å²) in [6.45, 7) is 5.74. The first kappa shape index (κ1) is 20.7. The van der Waals surface area contributed by atoms with E-state index in [0.29, 0.717) is 43.6 Å². The minimum absolute atomic E-state index is 0.134. The van der Waals surface area contributed by atoms with Gasteiger partial charge in [-0.2, -0.15) is 0 Å². The quantitative estimate of drug-likeness (QED) is 0.350. The molecule has 0 bridgehead atoms. The summed E-state index contributed by atoms with van der Waals surface area (Å²) in [6, 6.07) is 0. The highest BCUT2D eigenvalue weighted by atomic mass is 16.6. The molecule has 2 rings (SSSR count). The zero-order chi connectivity index (χ0) is 19.9. The Balaban J connectivity index is 2.16. The third kappa shape index (κ3) is 4.38. The molecule has 0 N–H and O–H groups in total. The molecule has 6 nitrogen and oxygen atoms in total. The number of hydrogen-bond donors (Lipinski definition) is 0. The fraction of sp³-hybridized carbons (Fsp3) is 0.476. The maximum Gasteiger partial charge on any atom is 0.333 e. The Kier molecular flexibility index (Phi) is 7.16. The summed E-state index contributed by atoms with van der Waals surface area (Å²) in [5.74, 6) is -1.08. The molecule has 0 aromatic carbocycles. The minimum Gasteiger partial charge on any atom is -0.496 e. The number of rotatable bonds is 9. The van der Waals surface area contributed by atoms with Crippen molar-refractivity contribution in [3.05, 3.63) is 48.3 Å². The van der Waals surface area contributed by atoms with E-state index in [4.69, 9.17) is 14.2 Å². The van der Waals surface area contributed by atoms with Gasteiger partial charge in [0.05, 0.1) is 20.1 Å². The molecule has 146 valence electrons. The third-order valence-corrected chi connectivity index (χ3v) is 4.77. The Labute approximate surface area is 159 Å². The SMILES string of the molecule is C=CCC/C(=C\CCC1CC(=O)O[C@]12C(=O)C=CC=C2OC)C(=O)OCC. The highest BCUT2D eigenvalue weighted by Crippen LogP contribution is 2.44. The number of methoxy groups -OCH3 is 1. The van der Waals surface area contributed by atoms with Crippen molar-refractivity contribution in [3.8, 4) is 0 Å². The van der Waals surface area contributed by atoms with Crippen LogP contribution in [-0.2, 0) is 28.6 Å². The normalized spacial score (nSPS) is 24.6. The van der Waals surface area contributed by atoms with Crippen LogP contribution < -0.4 is 0 Å². The molecule has 6 heteroatoms. The van der Waals surface area contributed by atoms with Crippen LogP contribution in [0.1, 0.15) is 39.0 Å². The van der Waals surface area contributed by atoms with Crippen LogP contribution in [0.25, 0.3) is 0 Å². The minimum atomic E-state index is -1.39. The van der Waals surface area contributed by atoms with Crippen molar-refractivity contribution in [3.63, 3.8) is 0 Å². The summed E-state index contributed by atoms with van der Waals surface area (Å²) in [7, 11) is 1.46. The maximum atomic E-state index is 12.6. The summed E-state index contributed by atoms with van der Waals surface area (Å²) in [5.41, 5.74) is -0.812. The molecule has 1 saturated heterocycles. The molecule has 1 aliphatic carbocycles. The molecule has 1 heterocycles. The lowest BCUT2D eigenvalue weighted by molar-refractivity contribution is -0.157. The largest absolute Gasteiger partial charge is 0.496 e. The number of carbonyl (C=O) groups is 3. The molecule has 2 aliphatic rings. The average Bonchev–Trinajstić information content (AvgIpc) is 2.97. The van der Waals surface area contributed by atoms with E-state index in [1.54, 1.807) is 25.2 Å². The summed E-state index contributed by atoms with van der Waals surface area (Å²) >= 11 is 0. The first-order chi connectivity index (χ1) is 13.0. The summed E-state index contributed by atoms with van der Waals surface area (Å²) in [6.07, 6.45) is 10.6. The van der Waals surface area contributed by atoms with Crippen molar-refractivity contribution in [2.24, 2.45) is 5.92 Å². The van der Waals surface area contributed by atoms with Crippen LogP contribution in [0.4, 0.5) is 0 Å². The summed E-state index contributed by atoms with van der Waals surface area (Å²) in [4.78, 5) is 36.7. The molecule has 0 saturated carbocycles. The molecule has 27 heavy (non-hydrogen) atoms. The van der Waals surface area contributed by atoms with E-state index in [-0.39, 0.29) is 24.1 Å². The van der Waals surface area contributed by atoms with Crippen LogP contribution in [0, 0.1) is 5.92 Å². The fourth-order valence-corrected chi connectivity index (χ4v) is 3.50. The van der Waals surface area contributed by atoms with Crippen LogP contribution in [0.15, 0.2) is 48.3 Å². The molecule has 1 aliphatic heterocycles. The van der Waals surface area contributed by atoms with E-state index in [1.165, 1.54) is 13.2 Å². The van der Waals surface area contributed by atoms with Gasteiger partial charge in [-0.25, -0.2) is 4.79 Å². The number of ether oxygens (including phenoxy) is 3. The standard InChI is InChI=1S/C21H26O6/c1-4-6-9-15(20(24)26-5-2)10-7-11-16-14-19(23)27-21(16)17(22)12-8-13-18(21)25-3/h4,8,10,12-13,16H,1,5-7,9,11,14H2,2-3H3/b15-10+/t16?,21-/m0/s1. The Hall–Kier alpha value is -2.63. The third-order valence-electron chi connectivity index (χ3n) is 4.77. The number of esters is 2. The van der Waals surface area contributed by atoms with Crippen molar-refractivity contribution < 1.29 is 28.6 Å². The second kappa shape index (κ2) is 9.35. The van der Waals surface area contributed by atoms with Crippen LogP contribution in [0.2, 0.25) is 0 Å². The molecule has 0 aromatic rings. The zero-order valence-corrected chi connectivity index (χ0v) is 15.9. The predicted molar refractivity (Wildman–Crippen MR) is 99.6 cm³/mol. The van der Waals surface area contributed by atoms with Gasteiger partial charge >= 0.3 is 11.9 Å².